The second kappa shape index (κ2) is 6.62. The molecule has 0 spiro atoms. The van der Waals surface area contributed by atoms with Gasteiger partial charge in [0.05, 0.1) is 27.3 Å². The Morgan fingerprint density at radius 3 is 2.00 bits per heavy atom. The third-order valence-electron chi connectivity index (χ3n) is 1.92. The molecule has 0 saturated heterocycles. The van der Waals surface area contributed by atoms with Gasteiger partial charge in [-0.2, -0.15) is 0 Å². The molecule has 5 nitrogen and oxygen atoms in total. The first kappa shape index (κ1) is 15.1. The van der Waals surface area contributed by atoms with Crippen molar-refractivity contribution in [2.24, 2.45) is 0 Å². The van der Waals surface area contributed by atoms with E-state index in [9.17, 15) is 9.90 Å². The minimum atomic E-state index is -1.33. The maximum absolute atomic E-state index is 10.8. The number of benzene rings is 1. The molecule has 0 atom stereocenters. The van der Waals surface area contributed by atoms with Crippen LogP contribution in [0.25, 0.3) is 0 Å². The number of carbonyl (C=O) groups is 1. The fourth-order valence-electron chi connectivity index (χ4n) is 1.26. The maximum Gasteiger partial charge on any atom is 1.00 e. The van der Waals surface area contributed by atoms with E-state index in [0.717, 1.165) is 0 Å². The van der Waals surface area contributed by atoms with Crippen LogP contribution in [0.4, 0.5) is 0 Å². The average Bonchev–Trinajstić information content (AvgIpc) is 2.26. The summed E-state index contributed by atoms with van der Waals surface area (Å²) in [5.74, 6) is -0.592. The maximum atomic E-state index is 10.8. The van der Waals surface area contributed by atoms with E-state index in [1.807, 2.05) is 0 Å². The standard InChI is InChI=1S/C10H12O5.Na/c1-13-7-5-4-6(10(11)12)8(14-2)9(7)15-3;/h4-5H,1-3H3,(H,11,12);/q;+1/p-1. The summed E-state index contributed by atoms with van der Waals surface area (Å²) in [6.07, 6.45) is 0. The van der Waals surface area contributed by atoms with E-state index in [2.05, 4.69) is 0 Å². The van der Waals surface area contributed by atoms with Crippen molar-refractivity contribution < 1.29 is 53.7 Å². The van der Waals surface area contributed by atoms with E-state index < -0.39 is 5.97 Å². The summed E-state index contributed by atoms with van der Waals surface area (Å²) in [6.45, 7) is 0. The van der Waals surface area contributed by atoms with E-state index in [4.69, 9.17) is 14.2 Å². The Morgan fingerprint density at radius 2 is 1.62 bits per heavy atom. The molecule has 1 aromatic rings. The topological polar surface area (TPSA) is 67.8 Å². The number of hydrogen-bond acceptors (Lipinski definition) is 5. The van der Waals surface area contributed by atoms with E-state index in [1.54, 1.807) is 0 Å². The summed E-state index contributed by atoms with van der Waals surface area (Å²) >= 11 is 0. The van der Waals surface area contributed by atoms with Gasteiger partial charge in [-0.1, -0.05) is 0 Å². The van der Waals surface area contributed by atoms with Crippen LogP contribution in [0, 0.1) is 0 Å². The zero-order valence-electron chi connectivity index (χ0n) is 9.70. The van der Waals surface area contributed by atoms with Gasteiger partial charge >= 0.3 is 29.6 Å². The zero-order chi connectivity index (χ0) is 11.4. The molecule has 82 valence electrons. The molecule has 0 N–H and O–H groups in total. The van der Waals surface area contributed by atoms with Crippen molar-refractivity contribution in [3.05, 3.63) is 17.7 Å². The Morgan fingerprint density at radius 1 is 1.06 bits per heavy atom. The van der Waals surface area contributed by atoms with Gasteiger partial charge in [0, 0.05) is 5.56 Å². The van der Waals surface area contributed by atoms with Gasteiger partial charge in [0.2, 0.25) is 5.75 Å². The molecule has 6 heteroatoms. The van der Waals surface area contributed by atoms with Crippen LogP contribution >= 0.6 is 0 Å². The SMILES string of the molecule is COc1ccc(C(=O)[O-])c(OC)c1OC.[Na+]. The molecule has 0 aliphatic carbocycles. The van der Waals surface area contributed by atoms with Gasteiger partial charge in [0.1, 0.15) is 0 Å². The fourth-order valence-corrected chi connectivity index (χ4v) is 1.26. The molecule has 1 aromatic carbocycles. The van der Waals surface area contributed by atoms with E-state index in [0.29, 0.717) is 5.75 Å². The van der Waals surface area contributed by atoms with Crippen LogP contribution in [0.15, 0.2) is 12.1 Å². The molecule has 0 radical (unpaired) electrons. The summed E-state index contributed by atoms with van der Waals surface area (Å²) in [5, 5.41) is 10.8. The van der Waals surface area contributed by atoms with Crippen LogP contribution in [-0.2, 0) is 0 Å². The van der Waals surface area contributed by atoms with E-state index >= 15 is 0 Å². The van der Waals surface area contributed by atoms with E-state index in [-0.39, 0.29) is 46.6 Å². The Hall–Kier alpha value is -0.910. The number of methoxy groups -OCH3 is 3. The smallest absolute Gasteiger partial charge is 0.545 e. The molecule has 0 aromatic heterocycles. The van der Waals surface area contributed by atoms with Gasteiger partial charge in [-0.3, -0.25) is 0 Å². The normalized spacial score (nSPS) is 8.94. The molecule has 0 aliphatic rings. The first-order valence-electron chi connectivity index (χ1n) is 4.16. The molecular formula is C10H11NaO5. The number of aromatic carboxylic acids is 1. The van der Waals surface area contributed by atoms with Crippen molar-refractivity contribution in [1.82, 2.24) is 0 Å². The molecule has 0 amide bonds. The minimum absolute atomic E-state index is 0. The predicted molar refractivity (Wildman–Crippen MR) is 50.4 cm³/mol. The zero-order valence-corrected chi connectivity index (χ0v) is 11.7. The second-order valence-corrected chi connectivity index (χ2v) is 2.67. The molecule has 0 fully saturated rings. The Bertz CT molecular complexity index is 378. The Kier molecular flexibility index (Phi) is 6.25. The van der Waals surface area contributed by atoms with Gasteiger partial charge in [0.25, 0.3) is 0 Å². The number of carboxylic acids is 1. The van der Waals surface area contributed by atoms with Crippen molar-refractivity contribution in [2.45, 2.75) is 0 Å². The largest absolute Gasteiger partial charge is 1.00 e. The quantitative estimate of drug-likeness (QED) is 0.522. The molecule has 0 heterocycles. The third kappa shape index (κ3) is 2.81. The van der Waals surface area contributed by atoms with Crippen molar-refractivity contribution in [2.75, 3.05) is 21.3 Å². The molecule has 0 saturated carbocycles. The van der Waals surface area contributed by atoms with Crippen LogP contribution in [0.3, 0.4) is 0 Å². The van der Waals surface area contributed by atoms with Crippen LogP contribution in [0.1, 0.15) is 10.4 Å². The first-order chi connectivity index (χ1) is 7.15. The van der Waals surface area contributed by atoms with Gasteiger partial charge in [-0.25, -0.2) is 0 Å². The molecule has 16 heavy (non-hydrogen) atoms. The second-order valence-electron chi connectivity index (χ2n) is 2.67. The van der Waals surface area contributed by atoms with Crippen LogP contribution in [-0.4, -0.2) is 27.3 Å². The molecule has 0 bridgehead atoms. The molecular weight excluding hydrogens is 223 g/mol. The van der Waals surface area contributed by atoms with Crippen LogP contribution in [0.2, 0.25) is 0 Å². The van der Waals surface area contributed by atoms with Crippen LogP contribution < -0.4 is 48.9 Å². The summed E-state index contributed by atoms with van der Waals surface area (Å²) < 4.78 is 14.9. The van der Waals surface area contributed by atoms with Crippen molar-refractivity contribution in [3.8, 4) is 17.2 Å². The molecule has 1 rings (SSSR count). The fraction of sp³-hybridized carbons (Fsp3) is 0.300. The molecule has 0 aliphatic heterocycles. The average molecular weight is 234 g/mol. The van der Waals surface area contributed by atoms with Crippen molar-refractivity contribution >= 4 is 5.97 Å². The third-order valence-corrected chi connectivity index (χ3v) is 1.92. The van der Waals surface area contributed by atoms with Gasteiger partial charge in [-0.05, 0) is 12.1 Å². The summed E-state index contributed by atoms with van der Waals surface area (Å²) in [5.41, 5.74) is -0.0739. The predicted octanol–water partition coefficient (Wildman–Crippen LogP) is -2.92. The van der Waals surface area contributed by atoms with Crippen molar-refractivity contribution in [3.63, 3.8) is 0 Å². The number of carboxylic acid groups (broad SMARTS) is 1. The summed E-state index contributed by atoms with van der Waals surface area (Å²) in [6, 6.07) is 2.82. The Balaban J connectivity index is 0.00000225. The number of ether oxygens (including phenoxy) is 3. The van der Waals surface area contributed by atoms with Crippen molar-refractivity contribution in [1.29, 1.82) is 0 Å². The van der Waals surface area contributed by atoms with Crippen LogP contribution in [0.5, 0.6) is 17.2 Å². The Labute approximate surface area is 116 Å². The minimum Gasteiger partial charge on any atom is -0.545 e. The summed E-state index contributed by atoms with van der Waals surface area (Å²) in [4.78, 5) is 10.8. The number of hydrogen-bond donors (Lipinski definition) is 0. The van der Waals surface area contributed by atoms with Gasteiger partial charge in [0.15, 0.2) is 11.5 Å². The number of rotatable bonds is 4. The van der Waals surface area contributed by atoms with Gasteiger partial charge < -0.3 is 24.1 Å². The summed E-state index contributed by atoms with van der Waals surface area (Å²) in [7, 11) is 4.21. The van der Waals surface area contributed by atoms with Gasteiger partial charge in [-0.15, -0.1) is 0 Å². The monoisotopic (exact) mass is 234 g/mol. The molecule has 0 unspecified atom stereocenters. The first-order valence-corrected chi connectivity index (χ1v) is 4.16. The van der Waals surface area contributed by atoms with E-state index in [1.165, 1.54) is 33.5 Å². The number of carbonyl (C=O) groups excluding carboxylic acids is 1.